The van der Waals surface area contributed by atoms with Crippen LogP contribution in [-0.2, 0) is 14.3 Å². The first-order chi connectivity index (χ1) is 7.30. The Morgan fingerprint density at radius 3 is 2.50 bits per heavy atom. The van der Waals surface area contributed by atoms with Crippen molar-refractivity contribution < 1.29 is 14.3 Å². The van der Waals surface area contributed by atoms with Crippen molar-refractivity contribution in [3.05, 3.63) is 0 Å². The normalized spacial score (nSPS) is 27.9. The Hall–Kier alpha value is -0.860. The number of hydrogen-bond donors (Lipinski definition) is 0. The molecule has 0 N–H and O–H groups in total. The molecule has 0 aliphatic heterocycles. The van der Waals surface area contributed by atoms with Crippen molar-refractivity contribution in [3.63, 3.8) is 0 Å². The van der Waals surface area contributed by atoms with Crippen molar-refractivity contribution in [3.8, 4) is 0 Å². The lowest BCUT2D eigenvalue weighted by atomic mass is 9.66. The topological polar surface area (TPSA) is 43.4 Å². The molecule has 16 heavy (non-hydrogen) atoms. The number of esters is 1. The maximum Gasteiger partial charge on any atom is 0.309 e. The van der Waals surface area contributed by atoms with E-state index in [-0.39, 0.29) is 17.3 Å². The number of hydrogen-bond acceptors (Lipinski definition) is 3. The molecule has 2 aliphatic carbocycles. The number of carbonyl (C=O) groups excluding carboxylic acids is 2. The van der Waals surface area contributed by atoms with E-state index in [2.05, 4.69) is 0 Å². The predicted octanol–water partition coefficient (Wildman–Crippen LogP) is 2.48. The van der Waals surface area contributed by atoms with Gasteiger partial charge in [0.1, 0.15) is 11.4 Å². The molecule has 0 aromatic carbocycles. The van der Waals surface area contributed by atoms with Gasteiger partial charge in [0.05, 0.1) is 5.92 Å². The summed E-state index contributed by atoms with van der Waals surface area (Å²) in [6.07, 6.45) is 4.14. The number of rotatable bonds is 1. The molecular weight excluding hydrogens is 204 g/mol. The van der Waals surface area contributed by atoms with Crippen molar-refractivity contribution in [2.75, 3.05) is 0 Å². The van der Waals surface area contributed by atoms with Gasteiger partial charge in [-0.2, -0.15) is 0 Å². The zero-order chi connectivity index (χ0) is 12.0. The van der Waals surface area contributed by atoms with Crippen LogP contribution in [0.5, 0.6) is 0 Å². The van der Waals surface area contributed by atoms with Gasteiger partial charge in [-0.25, -0.2) is 0 Å². The largest absolute Gasteiger partial charge is 0.460 e. The van der Waals surface area contributed by atoms with Crippen molar-refractivity contribution in [1.82, 2.24) is 0 Å². The Balaban J connectivity index is 1.89. The van der Waals surface area contributed by atoms with Crippen molar-refractivity contribution in [2.45, 2.75) is 58.5 Å². The number of ether oxygens (including phenoxy) is 1. The van der Waals surface area contributed by atoms with E-state index in [0.29, 0.717) is 18.6 Å². The molecule has 0 amide bonds. The molecule has 90 valence electrons. The van der Waals surface area contributed by atoms with Gasteiger partial charge in [-0.05, 0) is 45.4 Å². The maximum absolute atomic E-state index is 11.9. The zero-order valence-corrected chi connectivity index (χ0v) is 10.3. The average molecular weight is 224 g/mol. The summed E-state index contributed by atoms with van der Waals surface area (Å²) >= 11 is 0. The van der Waals surface area contributed by atoms with Gasteiger partial charge in [-0.1, -0.05) is 0 Å². The van der Waals surface area contributed by atoms with Gasteiger partial charge in [0.2, 0.25) is 0 Å². The number of ketones is 1. The lowest BCUT2D eigenvalue weighted by Crippen LogP contribution is -2.36. The fourth-order valence-electron chi connectivity index (χ4n) is 2.90. The SMILES string of the molecule is CC(C)(C)OC(=O)C1CCC2(CC(=O)C2)C1. The Morgan fingerprint density at radius 2 is 2.00 bits per heavy atom. The van der Waals surface area contributed by atoms with Gasteiger partial charge < -0.3 is 4.74 Å². The smallest absolute Gasteiger partial charge is 0.309 e. The molecule has 0 aromatic rings. The van der Waals surface area contributed by atoms with Gasteiger partial charge in [0.25, 0.3) is 0 Å². The monoisotopic (exact) mass is 224 g/mol. The number of Topliss-reactive ketones (excluding diaryl/α,β-unsaturated/α-hetero) is 1. The molecule has 0 heterocycles. The molecule has 2 rings (SSSR count). The third kappa shape index (κ3) is 2.28. The van der Waals surface area contributed by atoms with Crippen molar-refractivity contribution in [2.24, 2.45) is 11.3 Å². The van der Waals surface area contributed by atoms with Gasteiger partial charge in [-0.15, -0.1) is 0 Å². The van der Waals surface area contributed by atoms with Crippen LogP contribution in [0, 0.1) is 11.3 Å². The Kier molecular flexibility index (Phi) is 2.59. The van der Waals surface area contributed by atoms with Crippen LogP contribution in [0.2, 0.25) is 0 Å². The average Bonchev–Trinajstić information content (AvgIpc) is 2.45. The molecule has 1 atom stereocenters. The number of carbonyl (C=O) groups is 2. The minimum absolute atomic E-state index is 0.0207. The minimum atomic E-state index is -0.401. The van der Waals surface area contributed by atoms with Crippen LogP contribution in [0.3, 0.4) is 0 Å². The molecular formula is C13H20O3. The highest BCUT2D eigenvalue weighted by atomic mass is 16.6. The van der Waals surface area contributed by atoms with Crippen LogP contribution in [0.1, 0.15) is 52.9 Å². The van der Waals surface area contributed by atoms with Crippen LogP contribution in [0.15, 0.2) is 0 Å². The lowest BCUT2D eigenvalue weighted by Gasteiger charge is -2.36. The van der Waals surface area contributed by atoms with E-state index < -0.39 is 5.60 Å². The Bertz CT molecular complexity index is 317. The summed E-state index contributed by atoms with van der Waals surface area (Å²) in [7, 11) is 0. The standard InChI is InChI=1S/C13H20O3/c1-12(2,3)16-11(15)9-4-5-13(6-9)7-10(14)8-13/h9H,4-8H2,1-3H3. The summed E-state index contributed by atoms with van der Waals surface area (Å²) in [6.45, 7) is 5.67. The molecule has 1 unspecified atom stereocenters. The molecule has 0 radical (unpaired) electrons. The summed E-state index contributed by atoms with van der Waals surface area (Å²) in [5, 5.41) is 0. The first-order valence-corrected chi connectivity index (χ1v) is 6.04. The second kappa shape index (κ2) is 3.57. The van der Waals surface area contributed by atoms with Crippen LogP contribution in [-0.4, -0.2) is 17.4 Å². The quantitative estimate of drug-likeness (QED) is 0.643. The summed E-state index contributed by atoms with van der Waals surface area (Å²) in [5.74, 6) is 0.292. The molecule has 2 saturated carbocycles. The van der Waals surface area contributed by atoms with Gasteiger partial charge >= 0.3 is 5.97 Å². The van der Waals surface area contributed by atoms with E-state index in [9.17, 15) is 9.59 Å². The molecule has 0 bridgehead atoms. The second-order valence-electron chi connectivity index (χ2n) is 6.37. The minimum Gasteiger partial charge on any atom is -0.460 e. The molecule has 2 aliphatic rings. The van der Waals surface area contributed by atoms with E-state index in [1.165, 1.54) is 0 Å². The lowest BCUT2D eigenvalue weighted by molar-refractivity contribution is -0.160. The molecule has 0 saturated heterocycles. The Morgan fingerprint density at radius 1 is 1.38 bits per heavy atom. The second-order valence-corrected chi connectivity index (χ2v) is 6.37. The van der Waals surface area contributed by atoms with Crippen LogP contribution >= 0.6 is 0 Å². The van der Waals surface area contributed by atoms with Gasteiger partial charge in [-0.3, -0.25) is 9.59 Å². The highest BCUT2D eigenvalue weighted by Crippen LogP contribution is 2.53. The third-order valence-corrected chi connectivity index (χ3v) is 3.59. The van der Waals surface area contributed by atoms with E-state index >= 15 is 0 Å². The summed E-state index contributed by atoms with van der Waals surface area (Å²) in [4.78, 5) is 22.9. The fourth-order valence-corrected chi connectivity index (χ4v) is 2.90. The predicted molar refractivity (Wildman–Crippen MR) is 59.9 cm³/mol. The van der Waals surface area contributed by atoms with Crippen molar-refractivity contribution >= 4 is 11.8 Å². The van der Waals surface area contributed by atoms with E-state index in [4.69, 9.17) is 4.74 Å². The van der Waals surface area contributed by atoms with Crippen LogP contribution in [0.25, 0.3) is 0 Å². The molecule has 2 fully saturated rings. The van der Waals surface area contributed by atoms with Crippen LogP contribution < -0.4 is 0 Å². The van der Waals surface area contributed by atoms with Gasteiger partial charge in [0.15, 0.2) is 0 Å². The molecule has 3 nitrogen and oxygen atoms in total. The summed E-state index contributed by atoms with van der Waals surface area (Å²) in [5.41, 5.74) is -0.235. The molecule has 3 heteroatoms. The Labute approximate surface area is 96.5 Å². The van der Waals surface area contributed by atoms with E-state index in [1.54, 1.807) is 0 Å². The fraction of sp³-hybridized carbons (Fsp3) is 0.846. The zero-order valence-electron chi connectivity index (χ0n) is 10.3. The van der Waals surface area contributed by atoms with E-state index in [0.717, 1.165) is 19.3 Å². The molecule has 0 aromatic heterocycles. The highest BCUT2D eigenvalue weighted by Gasteiger charge is 2.50. The van der Waals surface area contributed by atoms with Crippen molar-refractivity contribution in [1.29, 1.82) is 0 Å². The van der Waals surface area contributed by atoms with Gasteiger partial charge in [0, 0.05) is 12.8 Å². The highest BCUT2D eigenvalue weighted by molar-refractivity contribution is 5.86. The maximum atomic E-state index is 11.9. The summed E-state index contributed by atoms with van der Waals surface area (Å²) in [6, 6.07) is 0. The van der Waals surface area contributed by atoms with E-state index in [1.807, 2.05) is 20.8 Å². The first kappa shape index (κ1) is 11.6. The first-order valence-electron chi connectivity index (χ1n) is 6.04. The van der Waals surface area contributed by atoms with Crippen LogP contribution in [0.4, 0.5) is 0 Å². The summed E-state index contributed by atoms with van der Waals surface area (Å²) < 4.78 is 5.39. The molecule has 1 spiro atoms. The third-order valence-electron chi connectivity index (χ3n) is 3.59.